The largest absolute Gasteiger partial charge is 0.383 e. The topological polar surface area (TPSA) is 51.8 Å². The van der Waals surface area contributed by atoms with Gasteiger partial charge in [-0.1, -0.05) is 34.8 Å². The number of alkyl halides is 3. The molecular formula is C7H6Cl3N3S. The molecule has 1 aromatic rings. The van der Waals surface area contributed by atoms with Crippen LogP contribution in [0.5, 0.6) is 0 Å². The summed E-state index contributed by atoms with van der Waals surface area (Å²) >= 11 is 18.8. The summed E-state index contributed by atoms with van der Waals surface area (Å²) in [5.74, 6) is 2.21. The number of hydrogen-bond acceptors (Lipinski definition) is 4. The zero-order valence-electron chi connectivity index (χ0n) is 6.93. The van der Waals surface area contributed by atoms with Gasteiger partial charge in [0.05, 0.1) is 5.69 Å². The van der Waals surface area contributed by atoms with Crippen molar-refractivity contribution in [1.82, 2.24) is 9.97 Å². The molecule has 76 valence electrons. The maximum Gasteiger partial charge on any atom is 0.250 e. The van der Waals surface area contributed by atoms with Crippen LogP contribution in [-0.4, -0.2) is 9.97 Å². The van der Waals surface area contributed by atoms with Crippen molar-refractivity contribution in [2.45, 2.75) is 15.3 Å². The van der Waals surface area contributed by atoms with Crippen LogP contribution in [0.2, 0.25) is 0 Å². The number of nitrogen functional groups attached to an aromatic ring is 1. The minimum Gasteiger partial charge on any atom is -0.383 e. The van der Waals surface area contributed by atoms with Crippen LogP contribution in [0, 0.1) is 0 Å². The highest BCUT2D eigenvalue weighted by molar-refractivity contribution is 7.98. The molecule has 1 aliphatic heterocycles. The van der Waals surface area contributed by atoms with Gasteiger partial charge < -0.3 is 5.73 Å². The molecule has 0 radical (unpaired) electrons. The summed E-state index contributed by atoms with van der Waals surface area (Å²) in [6.07, 6.45) is 0. The highest BCUT2D eigenvalue weighted by Gasteiger charge is 2.29. The quantitative estimate of drug-likeness (QED) is 0.736. The summed E-state index contributed by atoms with van der Waals surface area (Å²) in [5.41, 5.74) is 7.57. The molecule has 0 spiro atoms. The average Bonchev–Trinajstić information content (AvgIpc) is 2.50. The van der Waals surface area contributed by atoms with Crippen molar-refractivity contribution >= 4 is 52.4 Å². The molecule has 0 bridgehead atoms. The van der Waals surface area contributed by atoms with E-state index in [-0.39, 0.29) is 5.82 Å². The van der Waals surface area contributed by atoms with Gasteiger partial charge in [0.1, 0.15) is 5.82 Å². The summed E-state index contributed by atoms with van der Waals surface area (Å²) in [7, 11) is 0. The molecule has 7 heteroatoms. The molecular weight excluding hydrogens is 265 g/mol. The Hall–Kier alpha value is 0.1000. The van der Waals surface area contributed by atoms with Crippen molar-refractivity contribution < 1.29 is 0 Å². The van der Waals surface area contributed by atoms with Crippen LogP contribution in [0.15, 0.2) is 0 Å². The number of aromatic nitrogens is 2. The molecule has 0 saturated carbocycles. The zero-order chi connectivity index (χ0) is 10.3. The van der Waals surface area contributed by atoms with E-state index in [1.807, 2.05) is 0 Å². The van der Waals surface area contributed by atoms with Crippen LogP contribution in [0.4, 0.5) is 5.82 Å². The first-order valence-electron chi connectivity index (χ1n) is 3.78. The molecule has 3 nitrogen and oxygen atoms in total. The molecule has 0 fully saturated rings. The molecule has 0 atom stereocenters. The fourth-order valence-electron chi connectivity index (χ4n) is 1.20. The van der Waals surface area contributed by atoms with Gasteiger partial charge in [-0.3, -0.25) is 0 Å². The van der Waals surface area contributed by atoms with E-state index in [4.69, 9.17) is 40.5 Å². The monoisotopic (exact) mass is 269 g/mol. The third kappa shape index (κ3) is 1.89. The molecule has 2 N–H and O–H groups in total. The Balaban J connectivity index is 2.52. The van der Waals surface area contributed by atoms with Crippen molar-refractivity contribution in [1.29, 1.82) is 0 Å². The number of nitrogens with two attached hydrogens (primary N) is 1. The second kappa shape index (κ2) is 3.59. The predicted octanol–water partition coefficient (Wildman–Crippen LogP) is 2.63. The first-order valence-corrected chi connectivity index (χ1v) is 6.07. The second-order valence-corrected chi connectivity index (χ2v) is 6.12. The third-order valence-corrected chi connectivity index (χ3v) is 3.34. The molecule has 0 saturated heterocycles. The van der Waals surface area contributed by atoms with Crippen LogP contribution in [0.1, 0.15) is 17.1 Å². The SMILES string of the molecule is Nc1nc(C(Cl)(Cl)Cl)nc2c1CSC2. The number of halogens is 3. The number of rotatable bonds is 0. The standard InChI is InChI=1S/C7H6Cl3N3S/c8-7(9,10)6-12-4-2-14-1-3(4)5(11)13-6/h1-2H2,(H2,11,12,13). The fourth-order valence-corrected chi connectivity index (χ4v) is 2.51. The maximum atomic E-state index is 5.73. The predicted molar refractivity (Wildman–Crippen MR) is 60.7 cm³/mol. The van der Waals surface area contributed by atoms with Crippen molar-refractivity contribution in [2.75, 3.05) is 5.73 Å². The van der Waals surface area contributed by atoms with Crippen LogP contribution >= 0.6 is 46.6 Å². The fraction of sp³-hybridized carbons (Fsp3) is 0.429. The molecule has 0 unspecified atom stereocenters. The van der Waals surface area contributed by atoms with E-state index >= 15 is 0 Å². The van der Waals surface area contributed by atoms with E-state index in [2.05, 4.69) is 9.97 Å². The molecule has 0 aliphatic carbocycles. The Bertz CT molecular complexity index is 377. The number of nitrogens with zero attached hydrogens (tertiary/aromatic N) is 2. The van der Waals surface area contributed by atoms with Crippen LogP contribution in [0.3, 0.4) is 0 Å². The molecule has 2 rings (SSSR count). The van der Waals surface area contributed by atoms with E-state index in [0.29, 0.717) is 5.82 Å². The van der Waals surface area contributed by atoms with E-state index in [0.717, 1.165) is 22.8 Å². The van der Waals surface area contributed by atoms with Gasteiger partial charge in [0, 0.05) is 17.1 Å². The minimum absolute atomic E-state index is 0.154. The zero-order valence-corrected chi connectivity index (χ0v) is 10.0. The lowest BCUT2D eigenvalue weighted by molar-refractivity contribution is 0.934. The minimum atomic E-state index is -1.60. The van der Waals surface area contributed by atoms with Gasteiger partial charge in [-0.25, -0.2) is 9.97 Å². The number of fused-ring (bicyclic) bond motifs is 1. The van der Waals surface area contributed by atoms with Gasteiger partial charge in [-0.05, 0) is 0 Å². The lowest BCUT2D eigenvalue weighted by Crippen LogP contribution is -2.12. The molecule has 2 heterocycles. The average molecular weight is 271 g/mol. The van der Waals surface area contributed by atoms with Gasteiger partial charge in [0.25, 0.3) is 0 Å². The Kier molecular flexibility index (Phi) is 2.72. The highest BCUT2D eigenvalue weighted by Crippen LogP contribution is 2.39. The van der Waals surface area contributed by atoms with Gasteiger partial charge >= 0.3 is 0 Å². The first kappa shape index (κ1) is 10.6. The molecule has 1 aliphatic rings. The van der Waals surface area contributed by atoms with Crippen LogP contribution in [-0.2, 0) is 15.3 Å². The summed E-state index contributed by atoms with van der Waals surface area (Å²) < 4.78 is -1.60. The Morgan fingerprint density at radius 2 is 1.93 bits per heavy atom. The van der Waals surface area contributed by atoms with Crippen LogP contribution in [0.25, 0.3) is 0 Å². The smallest absolute Gasteiger partial charge is 0.250 e. The van der Waals surface area contributed by atoms with Gasteiger partial charge in [-0.2, -0.15) is 11.8 Å². The summed E-state index contributed by atoms with van der Waals surface area (Å²) in [6, 6.07) is 0. The third-order valence-electron chi connectivity index (χ3n) is 1.86. The van der Waals surface area contributed by atoms with Gasteiger partial charge in [-0.15, -0.1) is 0 Å². The number of hydrogen-bond donors (Lipinski definition) is 1. The maximum absolute atomic E-state index is 5.73. The summed E-state index contributed by atoms with van der Waals surface area (Å²) in [4.78, 5) is 8.15. The Morgan fingerprint density at radius 3 is 2.57 bits per heavy atom. The van der Waals surface area contributed by atoms with Crippen LogP contribution < -0.4 is 5.73 Å². The number of anilines is 1. The van der Waals surface area contributed by atoms with E-state index < -0.39 is 3.79 Å². The van der Waals surface area contributed by atoms with Gasteiger partial charge in [0.15, 0.2) is 5.82 Å². The Labute approximate surface area is 100 Å². The molecule has 14 heavy (non-hydrogen) atoms. The molecule has 0 amide bonds. The second-order valence-electron chi connectivity index (χ2n) is 2.85. The van der Waals surface area contributed by atoms with Crippen molar-refractivity contribution in [3.05, 3.63) is 17.1 Å². The number of thioether (sulfide) groups is 1. The van der Waals surface area contributed by atoms with E-state index in [9.17, 15) is 0 Å². The lowest BCUT2D eigenvalue weighted by atomic mass is 10.2. The molecule has 1 aromatic heterocycles. The van der Waals surface area contributed by atoms with Crippen molar-refractivity contribution in [3.63, 3.8) is 0 Å². The highest BCUT2D eigenvalue weighted by atomic mass is 35.6. The van der Waals surface area contributed by atoms with Gasteiger partial charge in [0.2, 0.25) is 3.79 Å². The summed E-state index contributed by atoms with van der Waals surface area (Å²) in [5, 5.41) is 0. The summed E-state index contributed by atoms with van der Waals surface area (Å²) in [6.45, 7) is 0. The Morgan fingerprint density at radius 1 is 1.21 bits per heavy atom. The molecule has 0 aromatic carbocycles. The first-order chi connectivity index (χ1) is 6.48. The normalized spacial score (nSPS) is 15.6. The van der Waals surface area contributed by atoms with E-state index in [1.165, 1.54) is 0 Å². The van der Waals surface area contributed by atoms with E-state index in [1.54, 1.807) is 11.8 Å². The lowest BCUT2D eigenvalue weighted by Gasteiger charge is -2.11. The van der Waals surface area contributed by atoms with Crippen molar-refractivity contribution in [2.24, 2.45) is 0 Å². The van der Waals surface area contributed by atoms with Crippen molar-refractivity contribution in [3.8, 4) is 0 Å².